The lowest BCUT2D eigenvalue weighted by molar-refractivity contribution is 0.134. The summed E-state index contributed by atoms with van der Waals surface area (Å²) in [6.45, 7) is 0.371. The lowest BCUT2D eigenvalue weighted by Crippen LogP contribution is -2.39. The minimum absolute atomic E-state index is 0.0774. The highest BCUT2D eigenvalue weighted by Crippen LogP contribution is 2.27. The minimum Gasteiger partial charge on any atom is -0.393 e. The second kappa shape index (κ2) is 5.47. The third-order valence-corrected chi connectivity index (χ3v) is 6.40. The van der Waals surface area contributed by atoms with Crippen LogP contribution in [0, 0.1) is 5.92 Å². The summed E-state index contributed by atoms with van der Waals surface area (Å²) in [5, 5.41) is 9.40. The smallest absolute Gasteiger partial charge is 0.215 e. The van der Waals surface area contributed by atoms with Gasteiger partial charge in [0.05, 0.1) is 11.4 Å². The Morgan fingerprint density at radius 3 is 2.35 bits per heavy atom. The van der Waals surface area contributed by atoms with Crippen molar-refractivity contribution in [2.24, 2.45) is 5.92 Å². The quantitative estimate of drug-likeness (QED) is 0.878. The molecule has 2 atom stereocenters. The van der Waals surface area contributed by atoms with Gasteiger partial charge in [0.25, 0.3) is 0 Å². The molecule has 0 aliphatic heterocycles. The fraction of sp³-hybridized carbons (Fsp3) is 0.600. The predicted octanol–water partition coefficient (Wildman–Crippen LogP) is 1.23. The van der Waals surface area contributed by atoms with Crippen molar-refractivity contribution in [1.82, 2.24) is 4.72 Å². The molecule has 110 valence electrons. The maximum Gasteiger partial charge on any atom is 0.215 e. The van der Waals surface area contributed by atoms with Crippen LogP contribution in [-0.2, 0) is 22.9 Å². The molecule has 1 fully saturated rings. The third kappa shape index (κ3) is 2.75. The summed E-state index contributed by atoms with van der Waals surface area (Å²) in [4.78, 5) is 0. The molecule has 2 unspecified atom stereocenters. The number of aliphatic hydroxyl groups excluding tert-OH is 1. The molecule has 2 N–H and O–H groups in total. The van der Waals surface area contributed by atoms with Gasteiger partial charge in [0.1, 0.15) is 0 Å². The first kappa shape index (κ1) is 14.0. The molecule has 4 nitrogen and oxygen atoms in total. The van der Waals surface area contributed by atoms with E-state index >= 15 is 0 Å². The molecule has 0 aromatic heterocycles. The molecular weight excluding hydrogens is 274 g/mol. The van der Waals surface area contributed by atoms with Gasteiger partial charge in [-0.25, -0.2) is 13.1 Å². The van der Waals surface area contributed by atoms with E-state index in [0.29, 0.717) is 19.4 Å². The van der Waals surface area contributed by atoms with Gasteiger partial charge in [-0.15, -0.1) is 0 Å². The van der Waals surface area contributed by atoms with Crippen molar-refractivity contribution in [2.45, 2.75) is 43.5 Å². The lowest BCUT2D eigenvalue weighted by atomic mass is 10.1. The molecular formula is C15H21NO3S. The highest BCUT2D eigenvalue weighted by Gasteiger charge is 2.33. The van der Waals surface area contributed by atoms with Crippen LogP contribution in [0.25, 0.3) is 0 Å². The van der Waals surface area contributed by atoms with E-state index in [1.165, 1.54) is 0 Å². The van der Waals surface area contributed by atoms with Gasteiger partial charge in [-0.1, -0.05) is 30.7 Å². The average Bonchev–Trinajstić information content (AvgIpc) is 3.02. The summed E-state index contributed by atoms with van der Waals surface area (Å²) in [7, 11) is -3.30. The second-order valence-corrected chi connectivity index (χ2v) is 8.00. The van der Waals surface area contributed by atoms with Crippen LogP contribution in [0.3, 0.4) is 0 Å². The molecule has 0 amide bonds. The topological polar surface area (TPSA) is 66.4 Å². The first-order valence-corrected chi connectivity index (χ1v) is 8.84. The van der Waals surface area contributed by atoms with Gasteiger partial charge in [0.2, 0.25) is 10.0 Å². The average molecular weight is 295 g/mol. The number of sulfonamides is 1. The van der Waals surface area contributed by atoms with Crippen molar-refractivity contribution >= 4 is 10.0 Å². The van der Waals surface area contributed by atoms with Gasteiger partial charge in [-0.3, -0.25) is 0 Å². The summed E-state index contributed by atoms with van der Waals surface area (Å²) >= 11 is 0. The van der Waals surface area contributed by atoms with E-state index in [0.717, 1.165) is 30.4 Å². The number of aliphatic hydroxyl groups is 1. The van der Waals surface area contributed by atoms with Crippen LogP contribution in [0.2, 0.25) is 0 Å². The zero-order valence-corrected chi connectivity index (χ0v) is 12.3. The van der Waals surface area contributed by atoms with Crippen molar-refractivity contribution in [3.8, 4) is 0 Å². The zero-order valence-electron chi connectivity index (χ0n) is 11.5. The molecule has 0 saturated heterocycles. The molecule has 3 rings (SSSR count). The van der Waals surface area contributed by atoms with Gasteiger partial charge >= 0.3 is 0 Å². The van der Waals surface area contributed by atoms with E-state index in [-0.39, 0.29) is 17.3 Å². The molecule has 20 heavy (non-hydrogen) atoms. The molecule has 5 heteroatoms. The molecule has 1 aromatic rings. The number of benzene rings is 1. The summed E-state index contributed by atoms with van der Waals surface area (Å²) in [6.07, 6.45) is 3.54. The normalized spacial score (nSPS) is 26.9. The Morgan fingerprint density at radius 2 is 1.80 bits per heavy atom. The molecule has 1 aromatic carbocycles. The van der Waals surface area contributed by atoms with Crippen LogP contribution in [0.5, 0.6) is 0 Å². The summed E-state index contributed by atoms with van der Waals surface area (Å²) < 4.78 is 27.5. The Labute approximate surface area is 120 Å². The van der Waals surface area contributed by atoms with Crippen molar-refractivity contribution in [2.75, 3.05) is 6.54 Å². The van der Waals surface area contributed by atoms with Gasteiger partial charge in [0.15, 0.2) is 0 Å². The van der Waals surface area contributed by atoms with Crippen LogP contribution >= 0.6 is 0 Å². The van der Waals surface area contributed by atoms with E-state index in [9.17, 15) is 13.5 Å². The Kier molecular flexibility index (Phi) is 3.84. The fourth-order valence-electron chi connectivity index (χ4n) is 3.33. The van der Waals surface area contributed by atoms with Crippen LogP contribution in [0.4, 0.5) is 0 Å². The van der Waals surface area contributed by atoms with Gasteiger partial charge < -0.3 is 5.11 Å². The highest BCUT2D eigenvalue weighted by molar-refractivity contribution is 7.90. The van der Waals surface area contributed by atoms with Crippen molar-refractivity contribution in [3.63, 3.8) is 0 Å². The number of rotatable bonds is 4. The van der Waals surface area contributed by atoms with E-state index < -0.39 is 10.0 Å². The van der Waals surface area contributed by atoms with Gasteiger partial charge in [-0.2, -0.15) is 0 Å². The molecule has 1 saturated carbocycles. The van der Waals surface area contributed by atoms with E-state index in [2.05, 4.69) is 4.72 Å². The summed E-state index contributed by atoms with van der Waals surface area (Å²) in [6, 6.07) is 7.92. The molecule has 2 aliphatic carbocycles. The first-order valence-electron chi connectivity index (χ1n) is 7.29. The van der Waals surface area contributed by atoms with Crippen LogP contribution in [0.1, 0.15) is 30.4 Å². The second-order valence-electron chi connectivity index (χ2n) is 5.95. The van der Waals surface area contributed by atoms with Crippen LogP contribution in [-0.4, -0.2) is 31.4 Å². The van der Waals surface area contributed by atoms with Gasteiger partial charge in [-0.05, 0) is 42.7 Å². The number of fused-ring (bicyclic) bond motifs is 1. The number of hydrogen-bond acceptors (Lipinski definition) is 3. The number of hydrogen-bond donors (Lipinski definition) is 2. The van der Waals surface area contributed by atoms with Crippen LogP contribution < -0.4 is 4.72 Å². The fourth-order valence-corrected chi connectivity index (χ4v) is 4.81. The predicted molar refractivity (Wildman–Crippen MR) is 77.9 cm³/mol. The standard InChI is InChI=1S/C15H21NO3S/c17-15-7-3-6-13(15)10-16-20(18,19)14-8-11-4-1-2-5-12(11)9-14/h1-2,4-5,13-17H,3,6-10H2. The largest absolute Gasteiger partial charge is 0.393 e. The molecule has 0 spiro atoms. The van der Waals surface area contributed by atoms with Crippen molar-refractivity contribution < 1.29 is 13.5 Å². The first-order chi connectivity index (χ1) is 9.56. The highest BCUT2D eigenvalue weighted by atomic mass is 32.2. The third-order valence-electron chi connectivity index (χ3n) is 4.62. The van der Waals surface area contributed by atoms with Crippen LogP contribution in [0.15, 0.2) is 24.3 Å². The van der Waals surface area contributed by atoms with Crippen molar-refractivity contribution in [1.29, 1.82) is 0 Å². The maximum atomic E-state index is 12.4. The van der Waals surface area contributed by atoms with E-state index in [1.807, 2.05) is 24.3 Å². The zero-order chi connectivity index (χ0) is 14.2. The summed E-state index contributed by atoms with van der Waals surface area (Å²) in [5.74, 6) is 0.0774. The van der Waals surface area contributed by atoms with E-state index in [1.54, 1.807) is 0 Å². The Bertz CT molecular complexity index is 560. The molecule has 0 heterocycles. The minimum atomic E-state index is -3.30. The van der Waals surface area contributed by atoms with Crippen molar-refractivity contribution in [3.05, 3.63) is 35.4 Å². The number of nitrogens with one attached hydrogen (secondary N) is 1. The monoisotopic (exact) mass is 295 g/mol. The molecule has 2 aliphatic rings. The SMILES string of the molecule is O=S(=O)(NCC1CCCC1O)C1Cc2ccccc2C1. The summed E-state index contributed by atoms with van der Waals surface area (Å²) in [5.41, 5.74) is 2.28. The Hall–Kier alpha value is -0.910. The van der Waals surface area contributed by atoms with E-state index in [4.69, 9.17) is 0 Å². The molecule has 0 radical (unpaired) electrons. The molecule has 0 bridgehead atoms. The lowest BCUT2D eigenvalue weighted by Gasteiger charge is -2.17. The Balaban J connectivity index is 1.62. The van der Waals surface area contributed by atoms with Gasteiger partial charge in [0, 0.05) is 6.54 Å². The maximum absolute atomic E-state index is 12.4. The Morgan fingerprint density at radius 1 is 1.15 bits per heavy atom.